The highest BCUT2D eigenvalue weighted by Crippen LogP contribution is 2.31. The van der Waals surface area contributed by atoms with Crippen molar-refractivity contribution in [2.24, 2.45) is 4.99 Å². The van der Waals surface area contributed by atoms with Crippen LogP contribution in [-0.4, -0.2) is 36.7 Å². The molecule has 0 fully saturated rings. The maximum atomic E-state index is 12.2. The molecular weight excluding hydrogens is 382 g/mol. The van der Waals surface area contributed by atoms with E-state index in [1.807, 2.05) is 13.0 Å². The first-order valence-corrected chi connectivity index (χ1v) is 9.37. The Morgan fingerprint density at radius 2 is 2.11 bits per heavy atom. The van der Waals surface area contributed by atoms with Crippen molar-refractivity contribution in [3.63, 3.8) is 0 Å². The number of thiophene rings is 1. The van der Waals surface area contributed by atoms with E-state index in [1.54, 1.807) is 35.6 Å². The average Bonchev–Trinajstić information content (AvgIpc) is 3.22. The summed E-state index contributed by atoms with van der Waals surface area (Å²) in [6.45, 7) is 3.62. The fourth-order valence-electron chi connectivity index (χ4n) is 2.68. The lowest BCUT2D eigenvalue weighted by atomic mass is 10.1. The summed E-state index contributed by atoms with van der Waals surface area (Å²) in [4.78, 5) is 29.2. The quantitative estimate of drug-likeness (QED) is 0.564. The van der Waals surface area contributed by atoms with E-state index in [0.717, 1.165) is 16.9 Å². The number of nitrogens with zero attached hydrogens (tertiary/aromatic N) is 1. The molecule has 0 spiro atoms. The van der Waals surface area contributed by atoms with Gasteiger partial charge < -0.3 is 19.3 Å². The van der Waals surface area contributed by atoms with E-state index in [4.69, 9.17) is 19.3 Å². The van der Waals surface area contributed by atoms with Gasteiger partial charge in [0.1, 0.15) is 0 Å². The molecule has 7 nitrogen and oxygen atoms in total. The minimum absolute atomic E-state index is 0.181. The van der Waals surface area contributed by atoms with E-state index in [9.17, 15) is 9.59 Å². The largest absolute Gasteiger partial charge is 0.493 e. The highest BCUT2D eigenvalue weighted by Gasteiger charge is 2.26. The Kier molecular flexibility index (Phi) is 5.79. The minimum atomic E-state index is -1.08. The van der Waals surface area contributed by atoms with Crippen molar-refractivity contribution in [1.29, 1.82) is 0 Å². The van der Waals surface area contributed by atoms with Gasteiger partial charge in [0.25, 0.3) is 0 Å². The molecule has 1 aliphatic rings. The zero-order valence-corrected chi connectivity index (χ0v) is 16.5. The van der Waals surface area contributed by atoms with Crippen molar-refractivity contribution in [3.05, 3.63) is 50.8 Å². The number of esters is 1. The number of carboxylic acids is 1. The molecule has 1 aromatic carbocycles. The number of aliphatic imine (C=N–C) groups is 1. The Labute approximate surface area is 165 Å². The average molecular weight is 401 g/mol. The zero-order valence-electron chi connectivity index (χ0n) is 15.6. The number of benzene rings is 1. The molecule has 2 aromatic rings. The van der Waals surface area contributed by atoms with Gasteiger partial charge in [-0.25, -0.2) is 14.6 Å². The smallest absolute Gasteiger partial charge is 0.363 e. The lowest BCUT2D eigenvalue weighted by Gasteiger charge is -2.09. The molecule has 0 radical (unpaired) electrons. The number of ether oxygens (including phenoxy) is 3. The van der Waals surface area contributed by atoms with Crippen LogP contribution in [0.25, 0.3) is 6.08 Å². The van der Waals surface area contributed by atoms with E-state index in [-0.39, 0.29) is 5.70 Å². The van der Waals surface area contributed by atoms with E-state index >= 15 is 0 Å². The summed E-state index contributed by atoms with van der Waals surface area (Å²) in [6, 6.07) is 6.86. The molecule has 2 heterocycles. The number of carbonyl (C=O) groups is 2. The first-order chi connectivity index (χ1) is 13.4. The molecule has 0 atom stereocenters. The molecule has 1 N–H and O–H groups in total. The number of carbonyl (C=O) groups excluding carboxylic acids is 1. The molecule has 1 aromatic heterocycles. The van der Waals surface area contributed by atoms with Gasteiger partial charge in [-0.05, 0) is 48.7 Å². The molecule has 0 unspecified atom stereocenters. The normalized spacial score (nSPS) is 14.8. The van der Waals surface area contributed by atoms with Gasteiger partial charge in [-0.1, -0.05) is 13.0 Å². The Morgan fingerprint density at radius 3 is 2.75 bits per heavy atom. The van der Waals surface area contributed by atoms with Gasteiger partial charge in [0.15, 0.2) is 23.8 Å². The van der Waals surface area contributed by atoms with Gasteiger partial charge in [0.2, 0.25) is 5.90 Å². The Hall–Kier alpha value is -3.13. The molecule has 0 saturated heterocycles. The Bertz CT molecular complexity index is 989. The SMILES string of the molecule is CCc1sc(C2=N/C(=C/c3ccc(OCC(=O)O)c(OC)c3)C(=O)O2)cc1C. The molecule has 0 saturated carbocycles. The predicted molar refractivity (Wildman–Crippen MR) is 105 cm³/mol. The molecule has 0 bridgehead atoms. The molecule has 3 rings (SSSR count). The summed E-state index contributed by atoms with van der Waals surface area (Å²) in [7, 11) is 1.45. The van der Waals surface area contributed by atoms with E-state index < -0.39 is 18.5 Å². The van der Waals surface area contributed by atoms with Crippen LogP contribution in [0.4, 0.5) is 0 Å². The fraction of sp³-hybridized carbons (Fsp3) is 0.250. The Morgan fingerprint density at radius 1 is 1.32 bits per heavy atom. The summed E-state index contributed by atoms with van der Waals surface area (Å²) < 4.78 is 15.7. The van der Waals surface area contributed by atoms with Gasteiger partial charge in [-0.15, -0.1) is 11.3 Å². The maximum absolute atomic E-state index is 12.2. The van der Waals surface area contributed by atoms with E-state index in [1.165, 1.54) is 12.0 Å². The van der Waals surface area contributed by atoms with Crippen molar-refractivity contribution in [2.75, 3.05) is 13.7 Å². The minimum Gasteiger partial charge on any atom is -0.493 e. The highest BCUT2D eigenvalue weighted by molar-refractivity contribution is 7.14. The van der Waals surface area contributed by atoms with Crippen LogP contribution in [0.15, 0.2) is 35.0 Å². The number of cyclic esters (lactones) is 1. The number of aliphatic carboxylic acids is 1. The first-order valence-electron chi connectivity index (χ1n) is 8.56. The van der Waals surface area contributed by atoms with Crippen LogP contribution < -0.4 is 9.47 Å². The van der Waals surface area contributed by atoms with Gasteiger partial charge in [0.05, 0.1) is 12.0 Å². The number of carboxylic acid groups (broad SMARTS) is 1. The van der Waals surface area contributed by atoms with Crippen molar-refractivity contribution in [1.82, 2.24) is 0 Å². The second-order valence-corrected chi connectivity index (χ2v) is 7.14. The number of hydrogen-bond donors (Lipinski definition) is 1. The third-order valence-electron chi connectivity index (χ3n) is 4.02. The summed E-state index contributed by atoms with van der Waals surface area (Å²) in [5, 5.41) is 8.72. The van der Waals surface area contributed by atoms with E-state index in [2.05, 4.69) is 11.9 Å². The van der Waals surface area contributed by atoms with Crippen LogP contribution in [0.2, 0.25) is 0 Å². The first kappa shape index (κ1) is 19.6. The fourth-order valence-corrected chi connectivity index (χ4v) is 3.72. The number of methoxy groups -OCH3 is 1. The van der Waals surface area contributed by atoms with Gasteiger partial charge in [-0.3, -0.25) is 0 Å². The summed E-state index contributed by atoms with van der Waals surface area (Å²) in [6.07, 6.45) is 2.50. The van der Waals surface area contributed by atoms with Gasteiger partial charge in [-0.2, -0.15) is 0 Å². The monoisotopic (exact) mass is 401 g/mol. The van der Waals surface area contributed by atoms with Crippen LogP contribution in [0.5, 0.6) is 11.5 Å². The molecule has 28 heavy (non-hydrogen) atoms. The standard InChI is InChI=1S/C20H19NO6S/c1-4-16-11(2)7-17(28-16)19-21-13(20(24)27-19)8-12-5-6-14(15(9-12)25-3)26-10-18(22)23/h5-9H,4,10H2,1-3H3,(H,22,23)/b13-8+. The van der Waals surface area contributed by atoms with Crippen LogP contribution in [0, 0.1) is 6.92 Å². The van der Waals surface area contributed by atoms with Gasteiger partial charge in [0, 0.05) is 4.88 Å². The van der Waals surface area contributed by atoms with Crippen molar-refractivity contribution in [3.8, 4) is 11.5 Å². The molecule has 8 heteroatoms. The lowest BCUT2D eigenvalue weighted by molar-refractivity contribution is -0.139. The predicted octanol–water partition coefficient (Wildman–Crippen LogP) is 3.44. The van der Waals surface area contributed by atoms with Crippen LogP contribution in [-0.2, 0) is 20.7 Å². The number of rotatable bonds is 7. The molecule has 1 aliphatic heterocycles. The van der Waals surface area contributed by atoms with Crippen molar-refractivity contribution >= 4 is 35.2 Å². The molecule has 0 aliphatic carbocycles. The summed E-state index contributed by atoms with van der Waals surface area (Å²) >= 11 is 1.56. The maximum Gasteiger partial charge on any atom is 0.363 e. The second-order valence-electron chi connectivity index (χ2n) is 6.00. The van der Waals surface area contributed by atoms with E-state index in [0.29, 0.717) is 23.0 Å². The van der Waals surface area contributed by atoms with Crippen molar-refractivity contribution < 1.29 is 28.9 Å². The summed E-state index contributed by atoms with van der Waals surface area (Å²) in [5.74, 6) is -0.653. The lowest BCUT2D eigenvalue weighted by Crippen LogP contribution is -2.10. The third-order valence-corrected chi connectivity index (χ3v) is 5.38. The third kappa shape index (κ3) is 4.23. The Balaban J connectivity index is 1.86. The number of hydrogen-bond acceptors (Lipinski definition) is 7. The van der Waals surface area contributed by atoms with Gasteiger partial charge >= 0.3 is 11.9 Å². The van der Waals surface area contributed by atoms with Crippen molar-refractivity contribution in [2.45, 2.75) is 20.3 Å². The highest BCUT2D eigenvalue weighted by atomic mass is 32.1. The van der Waals surface area contributed by atoms with Crippen LogP contribution in [0.3, 0.4) is 0 Å². The molecular formula is C20H19NO6S. The zero-order chi connectivity index (χ0) is 20.3. The molecule has 0 amide bonds. The van der Waals surface area contributed by atoms with Crippen LogP contribution in [0.1, 0.15) is 27.8 Å². The molecule has 146 valence electrons. The summed E-state index contributed by atoms with van der Waals surface area (Å²) in [5.41, 5.74) is 1.98. The van der Waals surface area contributed by atoms with Crippen LogP contribution >= 0.6 is 11.3 Å². The second kappa shape index (κ2) is 8.26. The number of aryl methyl sites for hydroxylation is 2. The topological polar surface area (TPSA) is 94.4 Å².